The third-order valence-corrected chi connectivity index (χ3v) is 7.95. The van der Waals surface area contributed by atoms with E-state index in [-0.39, 0.29) is 17.2 Å². The maximum Gasteiger partial charge on any atom is 0.227 e. The Balaban J connectivity index is 1.28. The Bertz CT molecular complexity index is 1530. The van der Waals surface area contributed by atoms with Crippen LogP contribution in [-0.2, 0) is 23.9 Å². The summed E-state index contributed by atoms with van der Waals surface area (Å²) in [5, 5.41) is 15.9. The molecule has 41 heavy (non-hydrogen) atoms. The molecule has 2 atom stereocenters. The third-order valence-electron chi connectivity index (χ3n) is 7.95. The van der Waals surface area contributed by atoms with E-state index < -0.39 is 0 Å². The average molecular weight is 556 g/mol. The first-order valence-electron chi connectivity index (χ1n) is 14.2. The van der Waals surface area contributed by atoms with Crippen molar-refractivity contribution in [1.82, 2.24) is 39.6 Å². The highest BCUT2D eigenvalue weighted by molar-refractivity contribution is 5.94. The number of rotatable bonds is 7. The van der Waals surface area contributed by atoms with Crippen molar-refractivity contribution >= 4 is 17.4 Å². The molecule has 0 spiro atoms. The lowest BCUT2D eigenvalue weighted by atomic mass is 9.87. The highest BCUT2D eigenvalue weighted by atomic mass is 16.5. The fraction of sp³-hybridized carbons (Fsp3) is 0.467. The Kier molecular flexibility index (Phi) is 7.39. The molecule has 5 heterocycles. The van der Waals surface area contributed by atoms with Gasteiger partial charge < -0.3 is 10.1 Å². The van der Waals surface area contributed by atoms with Crippen LogP contribution in [0.4, 0.5) is 11.6 Å². The Hall–Kier alpha value is -3.96. The van der Waals surface area contributed by atoms with Crippen molar-refractivity contribution < 1.29 is 9.53 Å². The number of Topliss-reactive ketones (excluding diaryl/α,β-unsaturated/α-hetero) is 1. The topological polar surface area (TPSA) is 116 Å². The Morgan fingerprint density at radius 2 is 2.05 bits per heavy atom. The summed E-state index contributed by atoms with van der Waals surface area (Å²) in [6.07, 6.45) is 9.49. The van der Waals surface area contributed by atoms with E-state index in [4.69, 9.17) is 9.72 Å². The van der Waals surface area contributed by atoms with Crippen LogP contribution in [0.15, 0.2) is 49.1 Å². The summed E-state index contributed by atoms with van der Waals surface area (Å²) in [6.45, 7) is 9.42. The number of aryl methyl sites for hydroxylation is 1. The van der Waals surface area contributed by atoms with Gasteiger partial charge in [-0.1, -0.05) is 17.3 Å². The lowest BCUT2D eigenvalue weighted by molar-refractivity contribution is 0.0963. The molecule has 4 aromatic rings. The smallest absolute Gasteiger partial charge is 0.227 e. The molecule has 2 unspecified atom stereocenters. The molecule has 0 aliphatic carbocycles. The summed E-state index contributed by atoms with van der Waals surface area (Å²) in [4.78, 5) is 25.1. The molecular weight excluding hydrogens is 518 g/mol. The standard InChI is InChI=1S/C30H37N9O2/c1-30(2,3)39-18-27(35-36-39)28(40)14-20-8-11-38(24-9-12-41-19-24)16-22-13-21(5-6-25(20)22)26-7-10-31-29(34-26)33-23-15-32-37(4)17-23/h5-7,10,13,15,17-18,20,24H,8-9,11-12,14,16,19H2,1-4H3,(H,31,33,34). The number of benzene rings is 1. The molecule has 2 aliphatic rings. The first-order chi connectivity index (χ1) is 19.7. The van der Waals surface area contributed by atoms with Gasteiger partial charge in [-0.05, 0) is 69.3 Å². The summed E-state index contributed by atoms with van der Waals surface area (Å²) in [5.74, 6) is 0.633. The molecule has 1 saturated heterocycles. The van der Waals surface area contributed by atoms with Crippen LogP contribution in [0, 0.1) is 0 Å². The van der Waals surface area contributed by atoms with Crippen LogP contribution < -0.4 is 5.32 Å². The SMILES string of the molecule is Cn1cc(Nc2nccc(-c3ccc4c(c3)CN(C3CCOC3)CCC4CC(=O)c3cn(C(C)(C)C)nn3)n2)cn1. The number of ether oxygens (including phenoxy) is 1. The molecule has 1 N–H and O–H groups in total. The predicted octanol–water partition coefficient (Wildman–Crippen LogP) is 4.32. The van der Waals surface area contributed by atoms with E-state index in [2.05, 4.69) is 48.8 Å². The van der Waals surface area contributed by atoms with Gasteiger partial charge in [0, 0.05) is 50.6 Å². The zero-order chi connectivity index (χ0) is 28.6. The lowest BCUT2D eigenvalue weighted by Crippen LogP contribution is -2.35. The summed E-state index contributed by atoms with van der Waals surface area (Å²) in [5.41, 5.74) is 5.32. The van der Waals surface area contributed by atoms with E-state index in [9.17, 15) is 4.79 Å². The second-order valence-electron chi connectivity index (χ2n) is 12.0. The molecular formula is C30H37N9O2. The molecule has 11 nitrogen and oxygen atoms in total. The first-order valence-corrected chi connectivity index (χ1v) is 14.2. The second-order valence-corrected chi connectivity index (χ2v) is 12.0. The molecule has 0 bridgehead atoms. The largest absolute Gasteiger partial charge is 0.380 e. The van der Waals surface area contributed by atoms with Crippen LogP contribution in [0.25, 0.3) is 11.3 Å². The van der Waals surface area contributed by atoms with Crippen molar-refractivity contribution in [3.63, 3.8) is 0 Å². The van der Waals surface area contributed by atoms with Crippen molar-refractivity contribution in [2.75, 3.05) is 25.1 Å². The minimum atomic E-state index is -0.227. The average Bonchev–Trinajstić information content (AvgIpc) is 3.71. The van der Waals surface area contributed by atoms with Crippen LogP contribution in [0.5, 0.6) is 0 Å². The maximum absolute atomic E-state index is 13.4. The van der Waals surface area contributed by atoms with Crippen LogP contribution in [0.2, 0.25) is 0 Å². The van der Waals surface area contributed by atoms with E-state index in [1.807, 2.05) is 40.1 Å². The quantitative estimate of drug-likeness (QED) is 0.333. The zero-order valence-corrected chi connectivity index (χ0v) is 24.1. The lowest BCUT2D eigenvalue weighted by Gasteiger charge is -2.26. The summed E-state index contributed by atoms with van der Waals surface area (Å²) in [6, 6.07) is 8.83. The molecule has 1 aromatic carbocycles. The number of fused-ring (bicyclic) bond motifs is 1. The van der Waals surface area contributed by atoms with Crippen LogP contribution in [0.1, 0.15) is 67.6 Å². The van der Waals surface area contributed by atoms with E-state index in [1.165, 1.54) is 11.1 Å². The Labute approximate surface area is 239 Å². The minimum Gasteiger partial charge on any atom is -0.380 e. The monoisotopic (exact) mass is 555 g/mol. The maximum atomic E-state index is 13.4. The Morgan fingerprint density at radius 1 is 1.17 bits per heavy atom. The van der Waals surface area contributed by atoms with Crippen LogP contribution >= 0.6 is 0 Å². The number of hydrogen-bond acceptors (Lipinski definition) is 9. The highest BCUT2D eigenvalue weighted by Gasteiger charge is 2.31. The van der Waals surface area contributed by atoms with Gasteiger partial charge in [-0.25, -0.2) is 14.6 Å². The van der Waals surface area contributed by atoms with Gasteiger partial charge in [0.2, 0.25) is 5.95 Å². The zero-order valence-electron chi connectivity index (χ0n) is 24.1. The number of carbonyl (C=O) groups excluding carboxylic acids is 1. The number of carbonyl (C=O) groups is 1. The van der Waals surface area contributed by atoms with Crippen molar-refractivity contribution in [2.24, 2.45) is 7.05 Å². The molecule has 0 radical (unpaired) electrons. The second kappa shape index (κ2) is 11.1. The van der Waals surface area contributed by atoms with Gasteiger partial charge in [-0.3, -0.25) is 14.4 Å². The summed E-state index contributed by atoms with van der Waals surface area (Å²) < 4.78 is 9.22. The van der Waals surface area contributed by atoms with Crippen LogP contribution in [0.3, 0.4) is 0 Å². The molecule has 0 amide bonds. The van der Waals surface area contributed by atoms with Crippen LogP contribution in [-0.4, -0.2) is 71.2 Å². The van der Waals surface area contributed by atoms with Gasteiger partial charge in [0.25, 0.3) is 0 Å². The fourth-order valence-electron chi connectivity index (χ4n) is 5.65. The Morgan fingerprint density at radius 3 is 2.78 bits per heavy atom. The summed E-state index contributed by atoms with van der Waals surface area (Å²) in [7, 11) is 1.87. The van der Waals surface area contributed by atoms with Gasteiger partial charge in [0.05, 0.1) is 35.9 Å². The van der Waals surface area contributed by atoms with Crippen molar-refractivity contribution in [3.8, 4) is 11.3 Å². The molecule has 214 valence electrons. The van der Waals surface area contributed by atoms with Gasteiger partial charge in [0.15, 0.2) is 5.78 Å². The van der Waals surface area contributed by atoms with E-state index in [0.717, 1.165) is 56.1 Å². The van der Waals surface area contributed by atoms with Gasteiger partial charge >= 0.3 is 0 Å². The molecule has 1 fully saturated rings. The molecule has 6 rings (SSSR count). The van der Waals surface area contributed by atoms with Gasteiger partial charge in [-0.2, -0.15) is 5.10 Å². The van der Waals surface area contributed by atoms with Crippen molar-refractivity contribution in [3.05, 3.63) is 65.9 Å². The predicted molar refractivity (Wildman–Crippen MR) is 155 cm³/mol. The fourth-order valence-corrected chi connectivity index (χ4v) is 5.65. The van der Waals surface area contributed by atoms with E-state index in [0.29, 0.717) is 24.1 Å². The highest BCUT2D eigenvalue weighted by Crippen LogP contribution is 2.36. The summed E-state index contributed by atoms with van der Waals surface area (Å²) >= 11 is 0. The van der Waals surface area contributed by atoms with E-state index in [1.54, 1.807) is 28.0 Å². The number of anilines is 2. The number of ketones is 1. The number of nitrogens with one attached hydrogen (secondary N) is 1. The minimum absolute atomic E-state index is 0.0279. The van der Waals surface area contributed by atoms with Crippen molar-refractivity contribution in [1.29, 1.82) is 0 Å². The number of hydrogen-bond donors (Lipinski definition) is 1. The van der Waals surface area contributed by atoms with Crippen molar-refractivity contribution in [2.45, 2.75) is 64.1 Å². The normalized spacial score (nSPS) is 19.6. The number of aromatic nitrogens is 7. The van der Waals surface area contributed by atoms with Gasteiger partial charge in [-0.15, -0.1) is 5.10 Å². The van der Waals surface area contributed by atoms with Gasteiger partial charge in [0.1, 0.15) is 5.69 Å². The molecule has 11 heteroatoms. The molecule has 3 aromatic heterocycles. The number of nitrogens with zero attached hydrogens (tertiary/aromatic N) is 8. The molecule has 2 aliphatic heterocycles. The first kappa shape index (κ1) is 27.2. The molecule has 0 saturated carbocycles. The third kappa shape index (κ3) is 6.06. The van der Waals surface area contributed by atoms with E-state index >= 15 is 0 Å².